The molecule has 0 radical (unpaired) electrons. The number of H-pyrrole nitrogens is 1. The standard InChI is InChI=1S/C14H16N2O2/c17-14(16-8-10-4-3-7-18-10)12-9-15-13-6-2-1-5-11(12)13/h1-2,5-6,9-10,15H,3-4,7-8H2,(H,16,17)/t10-/m1/s1. The van der Waals surface area contributed by atoms with Crippen molar-refractivity contribution in [2.45, 2.75) is 18.9 Å². The number of rotatable bonds is 3. The Bertz CT molecular complexity index is 556. The van der Waals surface area contributed by atoms with Gasteiger partial charge < -0.3 is 15.0 Å². The Morgan fingerprint density at radius 3 is 3.17 bits per heavy atom. The molecule has 1 saturated heterocycles. The van der Waals surface area contributed by atoms with Crippen molar-refractivity contribution in [3.8, 4) is 0 Å². The van der Waals surface area contributed by atoms with Crippen molar-refractivity contribution < 1.29 is 9.53 Å². The molecule has 0 unspecified atom stereocenters. The Kier molecular flexibility index (Phi) is 3.02. The number of para-hydroxylation sites is 1. The molecule has 3 rings (SSSR count). The van der Waals surface area contributed by atoms with E-state index in [2.05, 4.69) is 10.3 Å². The molecule has 2 heterocycles. The van der Waals surface area contributed by atoms with Gasteiger partial charge in [0.05, 0.1) is 11.7 Å². The van der Waals surface area contributed by atoms with E-state index in [0.29, 0.717) is 12.1 Å². The van der Waals surface area contributed by atoms with Crippen molar-refractivity contribution >= 4 is 16.8 Å². The summed E-state index contributed by atoms with van der Waals surface area (Å²) in [5, 5.41) is 3.90. The number of amides is 1. The monoisotopic (exact) mass is 244 g/mol. The molecule has 4 heteroatoms. The quantitative estimate of drug-likeness (QED) is 0.868. The molecule has 18 heavy (non-hydrogen) atoms. The number of carbonyl (C=O) groups is 1. The van der Waals surface area contributed by atoms with Crippen molar-refractivity contribution in [3.05, 3.63) is 36.0 Å². The van der Waals surface area contributed by atoms with Gasteiger partial charge in [-0.2, -0.15) is 0 Å². The number of carbonyl (C=O) groups excluding carboxylic acids is 1. The van der Waals surface area contributed by atoms with E-state index in [4.69, 9.17) is 4.74 Å². The molecular formula is C14H16N2O2. The summed E-state index contributed by atoms with van der Waals surface area (Å²) in [5.41, 5.74) is 1.68. The van der Waals surface area contributed by atoms with Gasteiger partial charge in [0.1, 0.15) is 0 Å². The summed E-state index contributed by atoms with van der Waals surface area (Å²) in [5.74, 6) is -0.0389. The van der Waals surface area contributed by atoms with Gasteiger partial charge in [-0.25, -0.2) is 0 Å². The van der Waals surface area contributed by atoms with Crippen LogP contribution in [0.1, 0.15) is 23.2 Å². The molecule has 4 nitrogen and oxygen atoms in total. The van der Waals surface area contributed by atoms with E-state index in [9.17, 15) is 4.79 Å². The van der Waals surface area contributed by atoms with E-state index in [1.54, 1.807) is 6.20 Å². The third-order valence-electron chi connectivity index (χ3n) is 3.35. The normalized spacial score (nSPS) is 19.2. The predicted octanol–water partition coefficient (Wildman–Crippen LogP) is 2.08. The molecule has 2 N–H and O–H groups in total. The van der Waals surface area contributed by atoms with Crippen molar-refractivity contribution in [2.24, 2.45) is 0 Å². The van der Waals surface area contributed by atoms with Crippen molar-refractivity contribution in [1.82, 2.24) is 10.3 Å². The van der Waals surface area contributed by atoms with Crippen LogP contribution in [-0.2, 0) is 4.74 Å². The molecular weight excluding hydrogens is 228 g/mol. The third-order valence-corrected chi connectivity index (χ3v) is 3.35. The average Bonchev–Trinajstić information content (AvgIpc) is 3.05. The van der Waals surface area contributed by atoms with E-state index in [0.717, 1.165) is 30.4 Å². The zero-order valence-corrected chi connectivity index (χ0v) is 10.1. The van der Waals surface area contributed by atoms with Crippen molar-refractivity contribution in [1.29, 1.82) is 0 Å². The fourth-order valence-corrected chi connectivity index (χ4v) is 2.37. The Morgan fingerprint density at radius 1 is 1.44 bits per heavy atom. The highest BCUT2D eigenvalue weighted by molar-refractivity contribution is 6.06. The molecule has 0 aliphatic carbocycles. The van der Waals surface area contributed by atoms with Gasteiger partial charge >= 0.3 is 0 Å². The second kappa shape index (κ2) is 4.82. The molecule has 0 bridgehead atoms. The molecule has 1 atom stereocenters. The summed E-state index contributed by atoms with van der Waals surface area (Å²) in [7, 11) is 0. The fourth-order valence-electron chi connectivity index (χ4n) is 2.37. The number of hydrogen-bond acceptors (Lipinski definition) is 2. The second-order valence-electron chi connectivity index (χ2n) is 4.59. The van der Waals surface area contributed by atoms with Crippen LogP contribution in [0.2, 0.25) is 0 Å². The van der Waals surface area contributed by atoms with E-state index >= 15 is 0 Å². The number of nitrogens with one attached hydrogen (secondary N) is 2. The van der Waals surface area contributed by atoms with Crippen LogP contribution in [0, 0.1) is 0 Å². The molecule has 0 spiro atoms. The molecule has 2 aromatic rings. The van der Waals surface area contributed by atoms with Crippen molar-refractivity contribution in [3.63, 3.8) is 0 Å². The Balaban J connectivity index is 1.71. The van der Waals surface area contributed by atoms with Crippen molar-refractivity contribution in [2.75, 3.05) is 13.2 Å². The maximum Gasteiger partial charge on any atom is 0.253 e. The second-order valence-corrected chi connectivity index (χ2v) is 4.59. The lowest BCUT2D eigenvalue weighted by Crippen LogP contribution is -2.31. The van der Waals surface area contributed by atoms with E-state index in [1.807, 2.05) is 24.3 Å². The van der Waals surface area contributed by atoms with Gasteiger partial charge in [-0.05, 0) is 18.9 Å². The van der Waals surface area contributed by atoms with E-state index < -0.39 is 0 Å². The van der Waals surface area contributed by atoms with Gasteiger partial charge in [0.15, 0.2) is 0 Å². The largest absolute Gasteiger partial charge is 0.376 e. The number of ether oxygens (including phenoxy) is 1. The maximum atomic E-state index is 12.1. The summed E-state index contributed by atoms with van der Waals surface area (Å²) >= 11 is 0. The predicted molar refractivity (Wildman–Crippen MR) is 69.6 cm³/mol. The molecule has 1 aromatic carbocycles. The zero-order chi connectivity index (χ0) is 12.4. The number of benzene rings is 1. The first-order chi connectivity index (χ1) is 8.84. The lowest BCUT2D eigenvalue weighted by atomic mass is 10.1. The van der Waals surface area contributed by atoms with Gasteiger partial charge in [-0.3, -0.25) is 4.79 Å². The minimum Gasteiger partial charge on any atom is -0.376 e. The summed E-state index contributed by atoms with van der Waals surface area (Å²) < 4.78 is 5.49. The summed E-state index contributed by atoms with van der Waals surface area (Å²) in [6.45, 7) is 1.41. The number of aromatic nitrogens is 1. The van der Waals surface area contributed by atoms with Gasteiger partial charge in [-0.1, -0.05) is 18.2 Å². The van der Waals surface area contributed by atoms with Gasteiger partial charge in [0.25, 0.3) is 5.91 Å². The number of aromatic amines is 1. The smallest absolute Gasteiger partial charge is 0.253 e. The van der Waals surface area contributed by atoms with Crippen LogP contribution in [0.25, 0.3) is 10.9 Å². The molecule has 1 aliphatic rings. The van der Waals surface area contributed by atoms with E-state index in [1.165, 1.54) is 0 Å². The van der Waals surface area contributed by atoms with Crippen LogP contribution in [0.15, 0.2) is 30.5 Å². The topological polar surface area (TPSA) is 54.1 Å². The molecule has 1 aromatic heterocycles. The van der Waals surface area contributed by atoms with Crippen LogP contribution in [-0.4, -0.2) is 30.1 Å². The molecule has 1 aliphatic heterocycles. The highest BCUT2D eigenvalue weighted by Gasteiger charge is 2.17. The van der Waals surface area contributed by atoms with Gasteiger partial charge in [0.2, 0.25) is 0 Å². The molecule has 94 valence electrons. The fraction of sp³-hybridized carbons (Fsp3) is 0.357. The number of hydrogen-bond donors (Lipinski definition) is 2. The summed E-state index contributed by atoms with van der Waals surface area (Å²) in [6.07, 6.45) is 4.07. The number of fused-ring (bicyclic) bond motifs is 1. The minimum absolute atomic E-state index is 0.0389. The van der Waals surface area contributed by atoms with Crippen LogP contribution in [0.3, 0.4) is 0 Å². The van der Waals surface area contributed by atoms with Crippen LogP contribution >= 0.6 is 0 Å². The van der Waals surface area contributed by atoms with Crippen LogP contribution < -0.4 is 5.32 Å². The SMILES string of the molecule is O=C(NC[C@H]1CCCO1)c1c[nH]c2ccccc12. The highest BCUT2D eigenvalue weighted by Crippen LogP contribution is 2.17. The lowest BCUT2D eigenvalue weighted by Gasteiger charge is -2.10. The van der Waals surface area contributed by atoms with Gasteiger partial charge in [0, 0.05) is 30.3 Å². The van der Waals surface area contributed by atoms with Crippen LogP contribution in [0.5, 0.6) is 0 Å². The Labute approximate surface area is 105 Å². The Hall–Kier alpha value is -1.81. The highest BCUT2D eigenvalue weighted by atomic mass is 16.5. The molecule has 0 saturated carbocycles. The van der Waals surface area contributed by atoms with E-state index in [-0.39, 0.29) is 12.0 Å². The first-order valence-electron chi connectivity index (χ1n) is 6.30. The first-order valence-corrected chi connectivity index (χ1v) is 6.30. The summed E-state index contributed by atoms with van der Waals surface area (Å²) in [6, 6.07) is 7.80. The summed E-state index contributed by atoms with van der Waals surface area (Å²) in [4.78, 5) is 15.2. The maximum absolute atomic E-state index is 12.1. The van der Waals surface area contributed by atoms with Crippen LogP contribution in [0.4, 0.5) is 0 Å². The first kappa shape index (κ1) is 11.3. The zero-order valence-electron chi connectivity index (χ0n) is 10.1. The third kappa shape index (κ3) is 2.11. The lowest BCUT2D eigenvalue weighted by molar-refractivity contribution is 0.0859. The minimum atomic E-state index is -0.0389. The molecule has 1 fully saturated rings. The van der Waals surface area contributed by atoms with Gasteiger partial charge in [-0.15, -0.1) is 0 Å². The Morgan fingerprint density at radius 2 is 2.33 bits per heavy atom. The molecule has 1 amide bonds. The average molecular weight is 244 g/mol.